The third kappa shape index (κ3) is 3.41. The topological polar surface area (TPSA) is 20.2 Å². The van der Waals surface area contributed by atoms with Crippen LogP contribution in [0.5, 0.6) is 0 Å². The number of benzene rings is 2. The maximum atomic E-state index is 11.3. The molecule has 1 N–H and O–H groups in total. The van der Waals surface area contributed by atoms with Crippen molar-refractivity contribution in [2.75, 3.05) is 0 Å². The fourth-order valence-electron chi connectivity index (χ4n) is 2.39. The second-order valence-electron chi connectivity index (χ2n) is 5.67. The molecule has 2 rings (SSSR count). The predicted molar refractivity (Wildman–Crippen MR) is 85.0 cm³/mol. The van der Waals surface area contributed by atoms with E-state index in [9.17, 15) is 5.11 Å². The summed E-state index contributed by atoms with van der Waals surface area (Å²) in [5.74, 6) is 0.553. The number of rotatable bonds is 5. The van der Waals surface area contributed by atoms with Crippen LogP contribution in [0.25, 0.3) is 0 Å². The fraction of sp³-hybridized carbons (Fsp3) is 0.333. The third-order valence-corrected chi connectivity index (χ3v) is 3.91. The highest BCUT2D eigenvalue weighted by Crippen LogP contribution is 2.35. The summed E-state index contributed by atoms with van der Waals surface area (Å²) in [4.78, 5) is 0. The number of hydrogen-bond donors (Lipinski definition) is 1. The molecule has 1 unspecified atom stereocenters. The second kappa shape index (κ2) is 6.43. The first-order valence-electron chi connectivity index (χ1n) is 7.06. The van der Waals surface area contributed by atoms with Gasteiger partial charge in [0, 0.05) is 5.02 Å². The van der Waals surface area contributed by atoms with Crippen LogP contribution in [0, 0.1) is 5.92 Å². The summed E-state index contributed by atoms with van der Waals surface area (Å²) >= 11 is 5.95. The zero-order valence-electron chi connectivity index (χ0n) is 12.0. The Labute approximate surface area is 126 Å². The lowest BCUT2D eigenvalue weighted by molar-refractivity contribution is 0.0648. The molecule has 0 radical (unpaired) electrons. The highest BCUT2D eigenvalue weighted by atomic mass is 35.5. The fourth-order valence-corrected chi connectivity index (χ4v) is 2.52. The molecule has 2 heteroatoms. The van der Waals surface area contributed by atoms with Crippen molar-refractivity contribution in [3.05, 3.63) is 70.7 Å². The second-order valence-corrected chi connectivity index (χ2v) is 6.10. The van der Waals surface area contributed by atoms with Crippen molar-refractivity contribution in [3.8, 4) is 0 Å². The van der Waals surface area contributed by atoms with Gasteiger partial charge in [0.05, 0.1) is 0 Å². The Hall–Kier alpha value is -1.31. The highest BCUT2D eigenvalue weighted by Gasteiger charge is 2.31. The number of aliphatic hydroxyl groups is 1. The Morgan fingerprint density at radius 3 is 2.05 bits per heavy atom. The summed E-state index contributed by atoms with van der Waals surface area (Å²) in [6.07, 6.45) is 1.67. The van der Waals surface area contributed by atoms with Crippen LogP contribution in [0.15, 0.2) is 54.6 Å². The van der Waals surface area contributed by atoms with E-state index >= 15 is 0 Å². The van der Waals surface area contributed by atoms with E-state index in [2.05, 4.69) is 13.8 Å². The van der Waals surface area contributed by atoms with Crippen molar-refractivity contribution in [2.24, 2.45) is 5.92 Å². The molecule has 1 nitrogen and oxygen atoms in total. The SMILES string of the molecule is CC(C)CCC(O)(c1ccccc1)c1ccc(Cl)cc1. The molecule has 0 bridgehead atoms. The Morgan fingerprint density at radius 1 is 0.950 bits per heavy atom. The zero-order valence-corrected chi connectivity index (χ0v) is 12.8. The Kier molecular flexibility index (Phi) is 4.85. The summed E-state index contributed by atoms with van der Waals surface area (Å²) in [6, 6.07) is 17.3. The van der Waals surface area contributed by atoms with Crippen LogP contribution in [0.3, 0.4) is 0 Å². The molecular weight excluding hydrogens is 268 g/mol. The van der Waals surface area contributed by atoms with E-state index in [0.717, 1.165) is 17.5 Å². The lowest BCUT2D eigenvalue weighted by Crippen LogP contribution is -2.27. The maximum absolute atomic E-state index is 11.3. The average molecular weight is 289 g/mol. The van der Waals surface area contributed by atoms with Crippen molar-refractivity contribution >= 4 is 11.6 Å². The molecular formula is C18H21ClO. The Bertz CT molecular complexity index is 533. The minimum Gasteiger partial charge on any atom is -0.380 e. The van der Waals surface area contributed by atoms with Gasteiger partial charge in [0.2, 0.25) is 0 Å². The van der Waals surface area contributed by atoms with Crippen LogP contribution >= 0.6 is 11.6 Å². The molecule has 0 saturated heterocycles. The number of hydrogen-bond acceptors (Lipinski definition) is 1. The number of halogens is 1. The molecule has 20 heavy (non-hydrogen) atoms. The molecule has 106 valence electrons. The van der Waals surface area contributed by atoms with Crippen LogP contribution in [0.4, 0.5) is 0 Å². The van der Waals surface area contributed by atoms with Gasteiger partial charge in [-0.25, -0.2) is 0 Å². The summed E-state index contributed by atoms with van der Waals surface area (Å²) in [5.41, 5.74) is 0.882. The highest BCUT2D eigenvalue weighted by molar-refractivity contribution is 6.30. The Balaban J connectivity index is 2.40. The van der Waals surface area contributed by atoms with E-state index in [0.29, 0.717) is 17.4 Å². The van der Waals surface area contributed by atoms with Crippen molar-refractivity contribution in [3.63, 3.8) is 0 Å². The predicted octanol–water partition coefficient (Wildman–Crippen LogP) is 5.01. The van der Waals surface area contributed by atoms with Crippen LogP contribution in [-0.4, -0.2) is 5.11 Å². The Morgan fingerprint density at radius 2 is 1.50 bits per heavy atom. The van der Waals surface area contributed by atoms with Gasteiger partial charge < -0.3 is 5.11 Å². The molecule has 0 aliphatic heterocycles. The first-order chi connectivity index (χ1) is 9.52. The molecule has 1 atom stereocenters. The van der Waals surface area contributed by atoms with Crippen LogP contribution in [0.2, 0.25) is 5.02 Å². The molecule has 0 aliphatic rings. The standard InChI is InChI=1S/C18H21ClO/c1-14(2)12-13-18(20,15-6-4-3-5-7-15)16-8-10-17(19)11-9-16/h3-11,14,20H,12-13H2,1-2H3. The molecule has 0 heterocycles. The van der Waals surface area contributed by atoms with Crippen LogP contribution in [-0.2, 0) is 5.60 Å². The average Bonchev–Trinajstić information content (AvgIpc) is 2.46. The lowest BCUT2D eigenvalue weighted by Gasteiger charge is -2.30. The molecule has 0 saturated carbocycles. The van der Waals surface area contributed by atoms with E-state index in [1.54, 1.807) is 0 Å². The van der Waals surface area contributed by atoms with Gasteiger partial charge in [-0.15, -0.1) is 0 Å². The van der Waals surface area contributed by atoms with Gasteiger partial charge in [-0.1, -0.05) is 67.9 Å². The molecule has 0 fully saturated rings. The first-order valence-corrected chi connectivity index (χ1v) is 7.44. The van der Waals surface area contributed by atoms with Crippen LogP contribution < -0.4 is 0 Å². The molecule has 2 aromatic rings. The monoisotopic (exact) mass is 288 g/mol. The van der Waals surface area contributed by atoms with Crippen LogP contribution in [0.1, 0.15) is 37.8 Å². The summed E-state index contributed by atoms with van der Waals surface area (Å²) < 4.78 is 0. The van der Waals surface area contributed by atoms with Crippen molar-refractivity contribution < 1.29 is 5.11 Å². The molecule has 0 aromatic heterocycles. The third-order valence-electron chi connectivity index (χ3n) is 3.66. The van der Waals surface area contributed by atoms with Gasteiger partial charge in [-0.05, 0) is 42.0 Å². The van der Waals surface area contributed by atoms with Gasteiger partial charge >= 0.3 is 0 Å². The first kappa shape index (κ1) is 15.1. The molecule has 2 aromatic carbocycles. The largest absolute Gasteiger partial charge is 0.380 e. The molecule has 0 aliphatic carbocycles. The minimum absolute atomic E-state index is 0.553. The summed E-state index contributed by atoms with van der Waals surface area (Å²) in [7, 11) is 0. The zero-order chi connectivity index (χ0) is 14.6. The van der Waals surface area contributed by atoms with Gasteiger partial charge in [0.25, 0.3) is 0 Å². The van der Waals surface area contributed by atoms with Gasteiger partial charge in [0.15, 0.2) is 0 Å². The molecule has 0 spiro atoms. The van der Waals surface area contributed by atoms with E-state index in [1.165, 1.54) is 0 Å². The van der Waals surface area contributed by atoms with Gasteiger partial charge in [0.1, 0.15) is 5.60 Å². The van der Waals surface area contributed by atoms with Crippen molar-refractivity contribution in [1.29, 1.82) is 0 Å². The summed E-state index contributed by atoms with van der Waals surface area (Å²) in [5, 5.41) is 11.9. The van der Waals surface area contributed by atoms with E-state index < -0.39 is 5.60 Å². The summed E-state index contributed by atoms with van der Waals surface area (Å²) in [6.45, 7) is 4.35. The quantitative estimate of drug-likeness (QED) is 0.820. The van der Waals surface area contributed by atoms with Crippen molar-refractivity contribution in [2.45, 2.75) is 32.3 Å². The smallest absolute Gasteiger partial charge is 0.115 e. The molecule has 0 amide bonds. The van der Waals surface area contributed by atoms with Gasteiger partial charge in [-0.2, -0.15) is 0 Å². The van der Waals surface area contributed by atoms with E-state index in [-0.39, 0.29) is 0 Å². The normalized spacial score (nSPS) is 14.2. The van der Waals surface area contributed by atoms with E-state index in [4.69, 9.17) is 11.6 Å². The minimum atomic E-state index is -0.948. The van der Waals surface area contributed by atoms with Crippen molar-refractivity contribution in [1.82, 2.24) is 0 Å². The lowest BCUT2D eigenvalue weighted by atomic mass is 9.81. The van der Waals surface area contributed by atoms with E-state index in [1.807, 2.05) is 54.6 Å². The van der Waals surface area contributed by atoms with Gasteiger partial charge in [-0.3, -0.25) is 0 Å². The maximum Gasteiger partial charge on any atom is 0.115 e.